The summed E-state index contributed by atoms with van der Waals surface area (Å²) in [4.78, 5) is 62.5. The van der Waals surface area contributed by atoms with Crippen molar-refractivity contribution in [3.05, 3.63) is 95.3 Å². The van der Waals surface area contributed by atoms with E-state index in [-0.39, 0.29) is 17.7 Å². The van der Waals surface area contributed by atoms with Crippen LogP contribution in [-0.2, 0) is 43.3 Å². The zero-order valence-corrected chi connectivity index (χ0v) is 38.7. The summed E-state index contributed by atoms with van der Waals surface area (Å²) in [5, 5.41) is 5.59. The van der Waals surface area contributed by atoms with E-state index in [4.69, 9.17) is 46.4 Å². The molecule has 21 nitrogen and oxygen atoms in total. The summed E-state index contributed by atoms with van der Waals surface area (Å²) in [6.45, 7) is 7.71. The Morgan fingerprint density at radius 3 is 2.10 bits per heavy atom. The number of hydrogen-bond acceptors (Lipinski definition) is 19. The van der Waals surface area contributed by atoms with Crippen molar-refractivity contribution in [3.8, 4) is 23.6 Å². The first-order valence-corrected chi connectivity index (χ1v) is 23.3. The molecule has 70 heavy (non-hydrogen) atoms. The largest absolute Gasteiger partial charge is 0.424 e. The quantitative estimate of drug-likeness (QED) is 0.0557. The normalized spacial score (nSPS) is 13.8. The van der Waals surface area contributed by atoms with Crippen LogP contribution in [0.3, 0.4) is 0 Å². The van der Waals surface area contributed by atoms with Crippen molar-refractivity contribution in [3.63, 3.8) is 0 Å². The molecule has 0 atom stereocenters. The standard InChI is InChI=1S/C49H54N14O7/c1-2-33-26-52-48(53-27-33)60-12-14-61(15-13-60)49-54-28-38(29-55-49)40(64)4-3-16-66-18-20-68-22-23-69-21-19-67-17-10-42(65)62-11-9-35-24-34(5-6-37(35)31-62)30-63-46-43(45(50)56-32-57-46)44(59-63)36-7-8-41-39(25-36)58-47(51)70-41/h1,5-8,24-29,32H,3-4,9-23,30-31H2,(H2,51,58)(H2,50,56,57). The van der Waals surface area contributed by atoms with Gasteiger partial charge in [0.1, 0.15) is 23.4 Å². The van der Waals surface area contributed by atoms with Gasteiger partial charge in [0.2, 0.25) is 17.8 Å². The van der Waals surface area contributed by atoms with E-state index < -0.39 is 0 Å². The van der Waals surface area contributed by atoms with E-state index in [1.807, 2.05) is 21.7 Å². The van der Waals surface area contributed by atoms with E-state index in [1.165, 1.54) is 11.9 Å². The number of benzene rings is 2. The summed E-state index contributed by atoms with van der Waals surface area (Å²) >= 11 is 0. The van der Waals surface area contributed by atoms with Crippen molar-refractivity contribution in [1.82, 2.24) is 49.6 Å². The zero-order valence-electron chi connectivity index (χ0n) is 38.7. The predicted octanol–water partition coefficient (Wildman–Crippen LogP) is 3.74. The van der Waals surface area contributed by atoms with Gasteiger partial charge in [-0.3, -0.25) is 9.59 Å². The Morgan fingerprint density at radius 1 is 0.729 bits per heavy atom. The van der Waals surface area contributed by atoms with Crippen molar-refractivity contribution in [2.75, 3.05) is 107 Å². The molecule has 2 aliphatic heterocycles. The maximum atomic E-state index is 13.1. The number of fused-ring (bicyclic) bond motifs is 3. The van der Waals surface area contributed by atoms with Gasteiger partial charge in [-0.2, -0.15) is 10.1 Å². The summed E-state index contributed by atoms with van der Waals surface area (Å²) in [6, 6.07) is 12.0. The molecule has 9 rings (SSSR count). The van der Waals surface area contributed by atoms with Crippen molar-refractivity contribution in [2.45, 2.75) is 38.8 Å². The number of carbonyl (C=O) groups excluding carboxylic acids is 2. The minimum absolute atomic E-state index is 0.0242. The number of rotatable bonds is 22. The number of terminal acetylenes is 1. The maximum absolute atomic E-state index is 13.1. The molecule has 0 saturated carbocycles. The van der Waals surface area contributed by atoms with Crippen molar-refractivity contribution < 1.29 is 33.0 Å². The molecule has 1 saturated heterocycles. The number of anilines is 4. The van der Waals surface area contributed by atoms with Gasteiger partial charge in [0.15, 0.2) is 17.0 Å². The van der Waals surface area contributed by atoms with Crippen LogP contribution in [0.2, 0.25) is 0 Å². The maximum Gasteiger partial charge on any atom is 0.292 e. The second-order valence-electron chi connectivity index (χ2n) is 16.8. The number of aromatic nitrogens is 9. The molecule has 0 unspecified atom stereocenters. The number of Topliss-reactive ketones (excluding diaryl/α,β-unsaturated/α-hetero) is 1. The first kappa shape index (κ1) is 47.4. The molecule has 2 aromatic carbocycles. The third-order valence-corrected chi connectivity index (χ3v) is 12.1. The molecular weight excluding hydrogens is 897 g/mol. The zero-order chi connectivity index (χ0) is 48.2. The molecule has 7 aromatic rings. The number of oxazole rings is 1. The Balaban J connectivity index is 0.596. The molecule has 0 bridgehead atoms. The Hall–Kier alpha value is -7.64. The van der Waals surface area contributed by atoms with Crippen molar-refractivity contribution >= 4 is 57.6 Å². The molecule has 2 aliphatic rings. The molecule has 1 amide bonds. The van der Waals surface area contributed by atoms with Crippen LogP contribution < -0.4 is 21.3 Å². The van der Waals surface area contributed by atoms with E-state index in [0.29, 0.717) is 162 Å². The number of amides is 1. The number of nitrogen functional groups attached to an aromatic ring is 2. The van der Waals surface area contributed by atoms with Crippen LogP contribution in [0, 0.1) is 12.3 Å². The van der Waals surface area contributed by atoms with Crippen molar-refractivity contribution in [1.29, 1.82) is 0 Å². The average Bonchev–Trinajstić information content (AvgIpc) is 3.96. The fourth-order valence-corrected chi connectivity index (χ4v) is 8.38. The fraction of sp³-hybridized carbons (Fsp3) is 0.388. The number of ether oxygens (including phenoxy) is 4. The Bertz CT molecular complexity index is 2950. The Morgan fingerprint density at radius 2 is 1.40 bits per heavy atom. The third-order valence-electron chi connectivity index (χ3n) is 12.1. The van der Waals surface area contributed by atoms with Gasteiger partial charge in [-0.05, 0) is 47.7 Å². The minimum atomic E-state index is -0.0242. The van der Waals surface area contributed by atoms with Crippen LogP contribution >= 0.6 is 0 Å². The number of nitrogens with zero attached hydrogens (tertiary/aromatic N) is 12. The summed E-state index contributed by atoms with van der Waals surface area (Å²) < 4.78 is 29.8. The molecule has 0 spiro atoms. The summed E-state index contributed by atoms with van der Waals surface area (Å²) in [7, 11) is 0. The van der Waals surface area contributed by atoms with Gasteiger partial charge in [-0.15, -0.1) is 6.42 Å². The van der Waals surface area contributed by atoms with Gasteiger partial charge >= 0.3 is 0 Å². The van der Waals surface area contributed by atoms with Crippen LogP contribution in [0.25, 0.3) is 33.4 Å². The second kappa shape index (κ2) is 22.6. The van der Waals surface area contributed by atoms with Crippen LogP contribution in [-0.4, -0.2) is 147 Å². The predicted molar refractivity (Wildman–Crippen MR) is 260 cm³/mol. The highest BCUT2D eigenvalue weighted by molar-refractivity contribution is 5.99. The lowest BCUT2D eigenvalue weighted by Gasteiger charge is -2.34. The molecule has 1 fully saturated rings. The smallest absolute Gasteiger partial charge is 0.292 e. The van der Waals surface area contributed by atoms with E-state index in [2.05, 4.69) is 68.8 Å². The van der Waals surface area contributed by atoms with Crippen LogP contribution in [0.4, 0.5) is 23.7 Å². The van der Waals surface area contributed by atoms with Crippen LogP contribution in [0.15, 0.2) is 71.9 Å². The van der Waals surface area contributed by atoms with Crippen LogP contribution in [0.5, 0.6) is 0 Å². The van der Waals surface area contributed by atoms with E-state index in [0.717, 1.165) is 36.2 Å². The summed E-state index contributed by atoms with van der Waals surface area (Å²) in [5.74, 6) is 4.13. The highest BCUT2D eigenvalue weighted by atomic mass is 16.6. The topological polar surface area (TPSA) is 254 Å². The Kier molecular flexibility index (Phi) is 15.3. The van der Waals surface area contributed by atoms with Gasteiger partial charge in [0.25, 0.3) is 6.01 Å². The van der Waals surface area contributed by atoms with Gasteiger partial charge in [-0.1, -0.05) is 24.1 Å². The number of nitrogens with two attached hydrogens (primary N) is 2. The molecule has 0 radical (unpaired) electrons. The summed E-state index contributed by atoms with van der Waals surface area (Å²) in [6.07, 6.45) is 15.3. The first-order chi connectivity index (χ1) is 34.3. The lowest BCUT2D eigenvalue weighted by atomic mass is 9.97. The van der Waals surface area contributed by atoms with E-state index in [1.54, 1.807) is 30.9 Å². The van der Waals surface area contributed by atoms with Crippen molar-refractivity contribution in [2.24, 2.45) is 0 Å². The summed E-state index contributed by atoms with van der Waals surface area (Å²) in [5.41, 5.74) is 19.9. The van der Waals surface area contributed by atoms with E-state index in [9.17, 15) is 9.59 Å². The molecule has 7 heterocycles. The van der Waals surface area contributed by atoms with E-state index >= 15 is 0 Å². The first-order valence-electron chi connectivity index (χ1n) is 23.3. The van der Waals surface area contributed by atoms with Gasteiger partial charge in [0.05, 0.1) is 75.7 Å². The van der Waals surface area contributed by atoms with Gasteiger partial charge < -0.3 is 49.5 Å². The molecule has 362 valence electrons. The SMILES string of the molecule is C#Cc1cnc(N2CCN(c3ncc(C(=O)CCCOCCOCCOCCOCCC(=O)N4CCc5cc(Cn6nc(-c7ccc8oc(N)nc8c7)c7c(N)ncnc76)ccc5C4)cn3)CC2)nc1. The number of ketones is 1. The Labute approximate surface area is 403 Å². The lowest BCUT2D eigenvalue weighted by molar-refractivity contribution is -0.133. The third kappa shape index (κ3) is 11.6. The van der Waals surface area contributed by atoms with Gasteiger partial charge in [0, 0.05) is 82.6 Å². The van der Waals surface area contributed by atoms with Crippen LogP contribution in [0.1, 0.15) is 51.9 Å². The average molecular weight is 951 g/mol. The number of hydrogen-bond donors (Lipinski definition) is 2. The molecule has 21 heteroatoms. The molecule has 0 aliphatic carbocycles. The molecule has 4 N–H and O–H groups in total. The monoisotopic (exact) mass is 950 g/mol. The number of piperazine rings is 1. The van der Waals surface area contributed by atoms with Gasteiger partial charge in [-0.25, -0.2) is 34.6 Å². The highest BCUT2D eigenvalue weighted by Crippen LogP contribution is 2.33. The number of carbonyl (C=O) groups is 2. The highest BCUT2D eigenvalue weighted by Gasteiger charge is 2.24. The minimum Gasteiger partial charge on any atom is -0.424 e. The molecule has 5 aromatic heterocycles. The second-order valence-corrected chi connectivity index (χ2v) is 16.8. The molecular formula is C49H54N14O7. The fourth-order valence-electron chi connectivity index (χ4n) is 8.38. The lowest BCUT2D eigenvalue weighted by Crippen LogP contribution is -2.47.